The van der Waals surface area contributed by atoms with E-state index >= 15 is 0 Å². The molecule has 10 nitrogen and oxygen atoms in total. The second-order valence-electron chi connectivity index (χ2n) is 8.67. The predicted octanol–water partition coefficient (Wildman–Crippen LogP) is 0.167. The number of methoxy groups -OCH3 is 1. The molecule has 0 amide bonds. The fraction of sp³-hybridized carbons (Fsp3) is 0.480. The molecule has 10 heteroatoms. The first-order chi connectivity index (χ1) is 16.8. The Morgan fingerprint density at radius 3 is 2.60 bits per heavy atom. The third kappa shape index (κ3) is 5.58. The van der Waals surface area contributed by atoms with Crippen LogP contribution in [0.15, 0.2) is 48.5 Å². The molecule has 2 fully saturated rings. The molecule has 0 bridgehead atoms. The van der Waals surface area contributed by atoms with Crippen molar-refractivity contribution in [1.82, 2.24) is 0 Å². The van der Waals surface area contributed by atoms with Crippen LogP contribution in [0.2, 0.25) is 0 Å². The summed E-state index contributed by atoms with van der Waals surface area (Å²) in [6, 6.07) is 14.7. The summed E-state index contributed by atoms with van der Waals surface area (Å²) in [4.78, 5) is 11.8. The van der Waals surface area contributed by atoms with Gasteiger partial charge in [0.2, 0.25) is 11.9 Å². The van der Waals surface area contributed by atoms with Crippen LogP contribution in [0.5, 0.6) is 11.5 Å². The average molecular weight is 491 g/mol. The lowest BCUT2D eigenvalue weighted by Gasteiger charge is -2.42. The minimum absolute atomic E-state index is 0.0657. The summed E-state index contributed by atoms with van der Waals surface area (Å²) >= 11 is 0. The second-order valence-corrected chi connectivity index (χ2v) is 8.67. The van der Waals surface area contributed by atoms with E-state index in [0.717, 1.165) is 30.4 Å². The van der Waals surface area contributed by atoms with E-state index in [-0.39, 0.29) is 6.10 Å². The molecule has 35 heavy (non-hydrogen) atoms. The molecule has 2 unspecified atom stereocenters. The van der Waals surface area contributed by atoms with Crippen molar-refractivity contribution in [2.75, 3.05) is 26.9 Å². The number of para-hydroxylation sites is 1. The Hall–Kier alpha value is -2.73. The first-order valence-electron chi connectivity index (χ1n) is 11.4. The van der Waals surface area contributed by atoms with Crippen molar-refractivity contribution in [2.24, 2.45) is 0 Å². The number of carbonyl (C=O) groups excluding carboxylic acids is 1. The Kier molecular flexibility index (Phi) is 7.90. The van der Waals surface area contributed by atoms with Crippen LogP contribution in [-0.2, 0) is 25.4 Å². The Balaban J connectivity index is 1.40. The molecule has 0 saturated carbocycles. The van der Waals surface area contributed by atoms with Crippen LogP contribution < -0.4 is 9.47 Å². The molecule has 0 aromatic heterocycles. The van der Waals surface area contributed by atoms with E-state index in [4.69, 9.17) is 18.9 Å². The van der Waals surface area contributed by atoms with Gasteiger partial charge in [-0.2, -0.15) is 0 Å². The number of aliphatic hydroxyl groups is 4. The van der Waals surface area contributed by atoms with Gasteiger partial charge in [-0.1, -0.05) is 30.3 Å². The Morgan fingerprint density at radius 2 is 1.91 bits per heavy atom. The largest absolute Gasteiger partial charge is 0.488 e. The van der Waals surface area contributed by atoms with Gasteiger partial charge in [0.05, 0.1) is 26.9 Å². The quantitative estimate of drug-likeness (QED) is 0.298. The van der Waals surface area contributed by atoms with Gasteiger partial charge < -0.3 is 44.1 Å². The Morgan fingerprint density at radius 1 is 1.17 bits per heavy atom. The maximum Gasteiger partial charge on any atom is 0.343 e. The number of hydrogen-bond donors (Lipinski definition) is 4. The molecule has 0 spiro atoms. The van der Waals surface area contributed by atoms with E-state index in [1.54, 1.807) is 12.1 Å². The molecule has 2 heterocycles. The van der Waals surface area contributed by atoms with Crippen molar-refractivity contribution in [3.05, 3.63) is 59.7 Å². The lowest BCUT2D eigenvalue weighted by molar-refractivity contribution is -0.271. The van der Waals surface area contributed by atoms with Crippen LogP contribution in [0.3, 0.4) is 0 Å². The predicted molar refractivity (Wildman–Crippen MR) is 121 cm³/mol. The lowest BCUT2D eigenvalue weighted by atomic mass is 9.87. The molecule has 190 valence electrons. The summed E-state index contributed by atoms with van der Waals surface area (Å²) in [5.74, 6) is -0.0446. The van der Waals surface area contributed by atoms with Gasteiger partial charge >= 0.3 is 5.97 Å². The molecule has 4 rings (SSSR count). The van der Waals surface area contributed by atoms with Crippen molar-refractivity contribution < 1.29 is 48.9 Å². The van der Waals surface area contributed by atoms with Crippen LogP contribution in [0.25, 0.3) is 0 Å². The van der Waals surface area contributed by atoms with Crippen molar-refractivity contribution in [3.63, 3.8) is 0 Å². The molecule has 4 N–H and O–H groups in total. The lowest BCUT2D eigenvalue weighted by Crippen LogP contribution is -2.67. The molecule has 0 radical (unpaired) electrons. The molecular weight excluding hydrogens is 460 g/mol. The van der Waals surface area contributed by atoms with Gasteiger partial charge in [-0.15, -0.1) is 0 Å². The average Bonchev–Trinajstić information content (AvgIpc) is 3.37. The summed E-state index contributed by atoms with van der Waals surface area (Å²) in [6.07, 6.45) is -5.43. The van der Waals surface area contributed by atoms with Gasteiger partial charge in [0.1, 0.15) is 35.9 Å². The topological polar surface area (TPSA) is 144 Å². The maximum absolute atomic E-state index is 11.8. The first-order valence-corrected chi connectivity index (χ1v) is 11.4. The van der Waals surface area contributed by atoms with Crippen LogP contribution in [-0.4, -0.2) is 89.6 Å². The number of esters is 1. The molecule has 2 aromatic carbocycles. The Bertz CT molecular complexity index is 990. The zero-order valence-corrected chi connectivity index (χ0v) is 19.3. The molecule has 2 aliphatic rings. The van der Waals surface area contributed by atoms with Gasteiger partial charge in [0.15, 0.2) is 0 Å². The monoisotopic (exact) mass is 490 g/mol. The highest BCUT2D eigenvalue weighted by Crippen LogP contribution is 2.30. The second kappa shape index (κ2) is 10.9. The van der Waals surface area contributed by atoms with E-state index in [1.807, 2.05) is 36.4 Å². The third-order valence-corrected chi connectivity index (χ3v) is 6.19. The van der Waals surface area contributed by atoms with E-state index in [1.165, 1.54) is 0 Å². The smallest absolute Gasteiger partial charge is 0.343 e. The number of ether oxygens (including phenoxy) is 5. The fourth-order valence-electron chi connectivity index (χ4n) is 4.14. The van der Waals surface area contributed by atoms with Gasteiger partial charge in [-0.3, -0.25) is 0 Å². The zero-order chi connectivity index (χ0) is 25.0. The summed E-state index contributed by atoms with van der Waals surface area (Å²) in [5.41, 5.74) is -0.706. The summed E-state index contributed by atoms with van der Waals surface area (Å²) in [5, 5.41) is 41.6. The van der Waals surface area contributed by atoms with E-state index in [9.17, 15) is 25.2 Å². The Labute approximate surface area is 202 Å². The highest BCUT2D eigenvalue weighted by atomic mass is 16.6. The maximum atomic E-state index is 11.8. The van der Waals surface area contributed by atoms with Crippen LogP contribution in [0.4, 0.5) is 0 Å². The number of benzene rings is 2. The summed E-state index contributed by atoms with van der Waals surface area (Å²) < 4.78 is 26.7. The van der Waals surface area contributed by atoms with E-state index in [2.05, 4.69) is 4.74 Å². The molecule has 6 atom stereocenters. The number of rotatable bonds is 8. The van der Waals surface area contributed by atoms with Crippen LogP contribution in [0.1, 0.15) is 17.5 Å². The molecule has 2 saturated heterocycles. The SMILES string of the molecule is COC(=O)[C@]1(O)CO[C@H](C(O)Oc2ccccc2Cc2ccc(OC3CCOC3)cc2)[C@@H](O)[C@@H]1O. The fourth-order valence-corrected chi connectivity index (χ4v) is 4.14. The highest BCUT2D eigenvalue weighted by Gasteiger charge is 2.56. The molecule has 2 aliphatic heterocycles. The first kappa shape index (κ1) is 25.4. The zero-order valence-electron chi connectivity index (χ0n) is 19.3. The van der Waals surface area contributed by atoms with Crippen molar-refractivity contribution >= 4 is 5.97 Å². The van der Waals surface area contributed by atoms with Crippen molar-refractivity contribution in [3.8, 4) is 11.5 Å². The van der Waals surface area contributed by atoms with Gasteiger partial charge in [0, 0.05) is 12.8 Å². The van der Waals surface area contributed by atoms with Crippen LogP contribution in [0, 0.1) is 0 Å². The van der Waals surface area contributed by atoms with Crippen LogP contribution >= 0.6 is 0 Å². The third-order valence-electron chi connectivity index (χ3n) is 6.19. The van der Waals surface area contributed by atoms with E-state index < -0.39 is 42.8 Å². The molecular formula is C25H30O10. The highest BCUT2D eigenvalue weighted by molar-refractivity contribution is 5.80. The van der Waals surface area contributed by atoms with Crippen molar-refractivity contribution in [1.29, 1.82) is 0 Å². The standard InChI is InChI=1S/C25H30O10/c1-31-24(29)25(30)14-33-21(20(26)22(25)27)23(28)35-19-5-3-2-4-16(19)12-15-6-8-17(9-7-15)34-18-10-11-32-13-18/h2-9,18,20-23,26-28,30H,10-14H2,1H3/t18?,20-,21+,22+,23?,25+/m1/s1. The minimum Gasteiger partial charge on any atom is -0.488 e. The molecule has 2 aromatic rings. The van der Waals surface area contributed by atoms with Crippen molar-refractivity contribution in [2.45, 2.75) is 49.1 Å². The summed E-state index contributed by atoms with van der Waals surface area (Å²) in [6.45, 7) is 0.610. The molecule has 0 aliphatic carbocycles. The number of carbonyl (C=O) groups is 1. The van der Waals surface area contributed by atoms with Gasteiger partial charge in [0.25, 0.3) is 0 Å². The van der Waals surface area contributed by atoms with Gasteiger partial charge in [-0.25, -0.2) is 4.79 Å². The number of hydrogen-bond acceptors (Lipinski definition) is 10. The minimum atomic E-state index is -2.46. The summed E-state index contributed by atoms with van der Waals surface area (Å²) in [7, 11) is 1.03. The van der Waals surface area contributed by atoms with E-state index in [0.29, 0.717) is 25.4 Å². The number of aliphatic hydroxyl groups excluding tert-OH is 3. The normalized spacial score (nSPS) is 29.4. The van der Waals surface area contributed by atoms with Gasteiger partial charge in [-0.05, 0) is 29.3 Å².